The summed E-state index contributed by atoms with van der Waals surface area (Å²) in [5.74, 6) is 0.821. The molecule has 28 heavy (non-hydrogen) atoms. The van der Waals surface area contributed by atoms with Crippen molar-refractivity contribution in [3.8, 4) is 11.5 Å². The number of benzene rings is 1. The van der Waals surface area contributed by atoms with Crippen molar-refractivity contribution in [2.45, 2.75) is 43.9 Å². The van der Waals surface area contributed by atoms with Crippen LogP contribution in [0.4, 0.5) is 0 Å². The van der Waals surface area contributed by atoms with E-state index in [1.807, 2.05) is 12.1 Å². The topological polar surface area (TPSA) is 100 Å². The van der Waals surface area contributed by atoms with Crippen molar-refractivity contribution in [3.05, 3.63) is 33.4 Å². The van der Waals surface area contributed by atoms with Gasteiger partial charge in [-0.15, -0.1) is 0 Å². The molecule has 1 aromatic carbocycles. The number of aliphatic hydroxyl groups excluding tert-OH is 1. The molecule has 3 aliphatic rings. The first-order valence-electron chi connectivity index (χ1n) is 9.47. The van der Waals surface area contributed by atoms with E-state index in [2.05, 4.69) is 33.5 Å². The molecule has 0 bridgehead atoms. The number of halogens is 1. The van der Waals surface area contributed by atoms with Gasteiger partial charge in [0.25, 0.3) is 0 Å². The first-order valence-corrected chi connectivity index (χ1v) is 10.3. The molecule has 0 saturated carbocycles. The highest BCUT2D eigenvalue weighted by molar-refractivity contribution is 9.10. The molecule has 152 valence electrons. The van der Waals surface area contributed by atoms with Crippen LogP contribution in [0.2, 0.25) is 0 Å². The molecule has 4 atom stereocenters. The van der Waals surface area contributed by atoms with Gasteiger partial charge in [-0.3, -0.25) is 4.79 Å². The fourth-order valence-electron chi connectivity index (χ4n) is 5.02. The van der Waals surface area contributed by atoms with E-state index in [0.717, 1.165) is 34.3 Å². The third kappa shape index (κ3) is 2.89. The number of carboxylic acids is 1. The standard InChI is InChI=1S/C20H25BrN2O5/c1-10-3-12(23-8-16(25)26)5-15-20(10)6-13(9-24)22-7-11-4-14(27-2)18(21)19(28-15)17(11)20/h4-5,10,13,15,22-24H,3,6-9H2,1-2H3,(H,25,26)/t10-,13+,15-,20+/m1/s1. The monoisotopic (exact) mass is 452 g/mol. The second kappa shape index (κ2) is 7.24. The lowest BCUT2D eigenvalue weighted by molar-refractivity contribution is -0.135. The Labute approximate surface area is 172 Å². The Kier molecular flexibility index (Phi) is 5.05. The molecule has 0 aromatic heterocycles. The maximum absolute atomic E-state index is 11.0. The fraction of sp³-hybridized carbons (Fsp3) is 0.550. The summed E-state index contributed by atoms with van der Waals surface area (Å²) in [6.45, 7) is 2.75. The summed E-state index contributed by atoms with van der Waals surface area (Å²) < 4.78 is 12.8. The highest BCUT2D eigenvalue weighted by Crippen LogP contribution is 2.59. The Morgan fingerprint density at radius 3 is 3.00 bits per heavy atom. The zero-order valence-corrected chi connectivity index (χ0v) is 17.5. The molecule has 0 saturated heterocycles. The summed E-state index contributed by atoms with van der Waals surface area (Å²) >= 11 is 3.65. The van der Waals surface area contributed by atoms with Crippen LogP contribution in [0.15, 0.2) is 22.3 Å². The zero-order chi connectivity index (χ0) is 20.1. The molecule has 7 nitrogen and oxygen atoms in total. The van der Waals surface area contributed by atoms with Gasteiger partial charge in [-0.2, -0.15) is 0 Å². The molecule has 0 unspecified atom stereocenters. The van der Waals surface area contributed by atoms with Crippen molar-refractivity contribution in [2.75, 3.05) is 20.3 Å². The van der Waals surface area contributed by atoms with Crippen molar-refractivity contribution < 1.29 is 24.5 Å². The SMILES string of the molecule is COc1cc2c3c(c1Br)O[C@@H]1C=C(NCC(=O)O)C[C@@H](C)[C@]31C[C@@H](CO)NC2. The molecule has 2 heterocycles. The van der Waals surface area contributed by atoms with Crippen LogP contribution in [0.25, 0.3) is 0 Å². The van der Waals surface area contributed by atoms with Gasteiger partial charge >= 0.3 is 5.97 Å². The Bertz CT molecular complexity index is 842. The molecular formula is C20H25BrN2O5. The summed E-state index contributed by atoms with van der Waals surface area (Å²) in [6, 6.07) is 2.00. The van der Waals surface area contributed by atoms with Crippen molar-refractivity contribution in [1.29, 1.82) is 0 Å². The lowest BCUT2D eigenvalue weighted by Crippen LogP contribution is -2.50. The van der Waals surface area contributed by atoms with Crippen LogP contribution < -0.4 is 20.1 Å². The molecule has 0 fully saturated rings. The predicted molar refractivity (Wildman–Crippen MR) is 107 cm³/mol. The first kappa shape index (κ1) is 19.5. The van der Waals surface area contributed by atoms with Crippen molar-refractivity contribution in [1.82, 2.24) is 10.6 Å². The number of allylic oxidation sites excluding steroid dienone is 1. The number of methoxy groups -OCH3 is 1. The van der Waals surface area contributed by atoms with Gasteiger partial charge < -0.3 is 30.3 Å². The van der Waals surface area contributed by atoms with Crippen molar-refractivity contribution in [3.63, 3.8) is 0 Å². The second-order valence-corrected chi connectivity index (χ2v) is 8.64. The van der Waals surface area contributed by atoms with Crippen LogP contribution in [-0.2, 0) is 16.8 Å². The lowest BCUT2D eigenvalue weighted by atomic mass is 9.60. The first-order chi connectivity index (χ1) is 13.4. The molecule has 1 aliphatic carbocycles. The van der Waals surface area contributed by atoms with Gasteiger partial charge in [-0.25, -0.2) is 0 Å². The third-order valence-corrected chi connectivity index (χ3v) is 7.07. The van der Waals surface area contributed by atoms with Crippen LogP contribution in [0.5, 0.6) is 11.5 Å². The van der Waals surface area contributed by atoms with Crippen molar-refractivity contribution >= 4 is 21.9 Å². The van der Waals surface area contributed by atoms with E-state index in [4.69, 9.17) is 14.6 Å². The Balaban J connectivity index is 1.85. The number of rotatable bonds is 5. The van der Waals surface area contributed by atoms with Crippen molar-refractivity contribution in [2.24, 2.45) is 5.92 Å². The van der Waals surface area contributed by atoms with E-state index in [1.54, 1.807) is 7.11 Å². The van der Waals surface area contributed by atoms with Crippen LogP contribution in [-0.4, -0.2) is 48.6 Å². The zero-order valence-electron chi connectivity index (χ0n) is 15.9. The van der Waals surface area contributed by atoms with Gasteiger partial charge in [0.2, 0.25) is 0 Å². The smallest absolute Gasteiger partial charge is 0.322 e. The Morgan fingerprint density at radius 2 is 2.32 bits per heavy atom. The molecule has 0 amide bonds. The minimum Gasteiger partial charge on any atom is -0.495 e. The molecule has 4 N–H and O–H groups in total. The van der Waals surface area contributed by atoms with Gasteiger partial charge in [-0.1, -0.05) is 6.92 Å². The highest BCUT2D eigenvalue weighted by atomic mass is 79.9. The number of hydrogen-bond donors (Lipinski definition) is 4. The minimum atomic E-state index is -0.891. The van der Waals surface area contributed by atoms with Crippen LogP contribution in [0.1, 0.15) is 30.9 Å². The Morgan fingerprint density at radius 1 is 1.54 bits per heavy atom. The normalized spacial score (nSPS) is 30.4. The van der Waals surface area contributed by atoms with Gasteiger partial charge in [-0.05, 0) is 52.4 Å². The number of ether oxygens (including phenoxy) is 2. The van der Waals surface area contributed by atoms with E-state index in [0.29, 0.717) is 12.3 Å². The van der Waals surface area contributed by atoms with E-state index in [-0.39, 0.29) is 36.6 Å². The highest BCUT2D eigenvalue weighted by Gasteiger charge is 2.57. The van der Waals surface area contributed by atoms with E-state index >= 15 is 0 Å². The average molecular weight is 453 g/mol. The largest absolute Gasteiger partial charge is 0.495 e. The van der Waals surface area contributed by atoms with Gasteiger partial charge in [0.15, 0.2) is 0 Å². The molecule has 0 radical (unpaired) electrons. The summed E-state index contributed by atoms with van der Waals surface area (Å²) in [6.07, 6.45) is 3.26. The van der Waals surface area contributed by atoms with Gasteiger partial charge in [0, 0.05) is 29.3 Å². The summed E-state index contributed by atoms with van der Waals surface area (Å²) in [7, 11) is 1.63. The van der Waals surface area contributed by atoms with E-state index < -0.39 is 5.97 Å². The lowest BCUT2D eigenvalue weighted by Gasteiger charge is -2.43. The molecule has 2 aliphatic heterocycles. The third-order valence-electron chi connectivity index (χ3n) is 6.32. The molecule has 1 spiro atoms. The van der Waals surface area contributed by atoms with Gasteiger partial charge in [0.1, 0.15) is 28.6 Å². The maximum atomic E-state index is 11.0. The predicted octanol–water partition coefficient (Wildman–Crippen LogP) is 1.91. The number of aliphatic hydroxyl groups is 1. The minimum absolute atomic E-state index is 0.0430. The fourth-order valence-corrected chi connectivity index (χ4v) is 5.59. The summed E-state index contributed by atoms with van der Waals surface area (Å²) in [5.41, 5.74) is 2.90. The second-order valence-electron chi connectivity index (χ2n) is 7.84. The van der Waals surface area contributed by atoms with E-state index in [1.165, 1.54) is 5.56 Å². The molecule has 4 rings (SSSR count). The number of nitrogens with one attached hydrogen (secondary N) is 2. The number of carbonyl (C=O) groups is 1. The summed E-state index contributed by atoms with van der Waals surface area (Å²) in [5, 5.41) is 25.4. The Hall–Kier alpha value is -1.77. The van der Waals surface area contributed by atoms with E-state index in [9.17, 15) is 9.90 Å². The number of carboxylic acid groups (broad SMARTS) is 1. The maximum Gasteiger partial charge on any atom is 0.322 e. The molecule has 8 heteroatoms. The number of hydrogen-bond acceptors (Lipinski definition) is 6. The van der Waals surface area contributed by atoms with Crippen LogP contribution in [0, 0.1) is 5.92 Å². The van der Waals surface area contributed by atoms with Gasteiger partial charge in [0.05, 0.1) is 13.7 Å². The van der Waals surface area contributed by atoms with Crippen LogP contribution in [0.3, 0.4) is 0 Å². The average Bonchev–Trinajstić information content (AvgIpc) is 2.91. The summed E-state index contributed by atoms with van der Waals surface area (Å²) in [4.78, 5) is 11.0. The quantitative estimate of drug-likeness (QED) is 0.541. The molecule has 1 aromatic rings. The van der Waals surface area contributed by atoms with Crippen LogP contribution >= 0.6 is 15.9 Å². The molecular weight excluding hydrogens is 428 g/mol. The number of aliphatic carboxylic acids is 1.